The minimum absolute atomic E-state index is 0.199. The number of aliphatic carboxylic acids is 1. The van der Waals surface area contributed by atoms with Crippen LogP contribution < -0.4 is 0 Å². The molecule has 5 N–H and O–H groups in total. The molecular formula is C8H14O7. The zero-order valence-electron chi connectivity index (χ0n) is 7.85. The fourth-order valence-corrected chi connectivity index (χ4v) is 1.40. The molecule has 1 aliphatic rings. The maximum Gasteiger partial charge on any atom is 0.332 e. The molecule has 0 aromatic carbocycles. The van der Waals surface area contributed by atoms with E-state index in [0.29, 0.717) is 0 Å². The van der Waals surface area contributed by atoms with E-state index in [-0.39, 0.29) is 13.0 Å². The molecule has 0 saturated carbocycles. The zero-order chi connectivity index (χ0) is 11.6. The summed E-state index contributed by atoms with van der Waals surface area (Å²) in [5.41, 5.74) is 0. The largest absolute Gasteiger partial charge is 0.479 e. The molecule has 1 rings (SSSR count). The molecular weight excluding hydrogens is 208 g/mol. The van der Waals surface area contributed by atoms with Crippen molar-refractivity contribution in [3.8, 4) is 0 Å². The van der Waals surface area contributed by atoms with E-state index in [1.165, 1.54) is 0 Å². The first-order valence-electron chi connectivity index (χ1n) is 4.50. The van der Waals surface area contributed by atoms with Crippen LogP contribution >= 0.6 is 0 Å². The topological polar surface area (TPSA) is 127 Å². The molecule has 1 heterocycles. The highest BCUT2D eigenvalue weighted by Crippen LogP contribution is 2.19. The molecule has 0 bridgehead atoms. The highest BCUT2D eigenvalue weighted by molar-refractivity contribution is 5.71. The van der Waals surface area contributed by atoms with Crippen LogP contribution in [0.5, 0.6) is 0 Å². The van der Waals surface area contributed by atoms with Crippen molar-refractivity contribution in [1.82, 2.24) is 0 Å². The Morgan fingerprint density at radius 3 is 2.47 bits per heavy atom. The number of hydrogen-bond donors (Lipinski definition) is 5. The summed E-state index contributed by atoms with van der Waals surface area (Å²) < 4.78 is 4.91. The quantitative estimate of drug-likeness (QED) is 0.351. The molecule has 0 radical (unpaired) electrons. The summed E-state index contributed by atoms with van der Waals surface area (Å²) in [5, 5.41) is 45.2. The van der Waals surface area contributed by atoms with E-state index in [1.54, 1.807) is 0 Å². The van der Waals surface area contributed by atoms with Gasteiger partial charge >= 0.3 is 5.97 Å². The first-order valence-corrected chi connectivity index (χ1v) is 4.50. The minimum Gasteiger partial charge on any atom is -0.479 e. The van der Waals surface area contributed by atoms with Crippen molar-refractivity contribution >= 4 is 5.97 Å². The van der Waals surface area contributed by atoms with Crippen molar-refractivity contribution in [3.05, 3.63) is 0 Å². The summed E-state index contributed by atoms with van der Waals surface area (Å²) in [5.74, 6) is -1.42. The Morgan fingerprint density at radius 1 is 1.33 bits per heavy atom. The number of ether oxygens (including phenoxy) is 1. The number of aliphatic hydroxyl groups excluding tert-OH is 4. The Morgan fingerprint density at radius 2 is 1.93 bits per heavy atom. The third kappa shape index (κ3) is 2.86. The smallest absolute Gasteiger partial charge is 0.332 e. The zero-order valence-corrected chi connectivity index (χ0v) is 7.85. The van der Waals surface area contributed by atoms with E-state index in [2.05, 4.69) is 0 Å². The van der Waals surface area contributed by atoms with Gasteiger partial charge in [-0.15, -0.1) is 0 Å². The van der Waals surface area contributed by atoms with Crippen molar-refractivity contribution in [1.29, 1.82) is 0 Å². The second-order valence-corrected chi connectivity index (χ2v) is 3.51. The standard InChI is InChI=1S/C8H14O7/c9-3(8(13)14)1-5-7(12)6(11)4(10)2-15-5/h3-7,9-12H,1-2H2,(H,13,14)/t3-,4-,5+,6-,7-/m1/s1. The van der Waals surface area contributed by atoms with Gasteiger partial charge in [0.1, 0.15) is 18.3 Å². The van der Waals surface area contributed by atoms with Gasteiger partial charge in [-0.1, -0.05) is 0 Å². The van der Waals surface area contributed by atoms with Gasteiger partial charge in [-0.3, -0.25) is 0 Å². The third-order valence-corrected chi connectivity index (χ3v) is 2.35. The van der Waals surface area contributed by atoms with Crippen LogP contribution in [0.4, 0.5) is 0 Å². The maximum atomic E-state index is 10.3. The Bertz CT molecular complexity index is 231. The Hall–Kier alpha value is -0.730. The summed E-state index contributed by atoms with van der Waals surface area (Å²) in [4.78, 5) is 10.3. The van der Waals surface area contributed by atoms with Gasteiger partial charge in [-0.25, -0.2) is 4.79 Å². The van der Waals surface area contributed by atoms with Gasteiger partial charge in [0.25, 0.3) is 0 Å². The molecule has 88 valence electrons. The molecule has 1 aliphatic heterocycles. The van der Waals surface area contributed by atoms with E-state index < -0.39 is 36.5 Å². The lowest BCUT2D eigenvalue weighted by molar-refractivity contribution is -0.195. The summed E-state index contributed by atoms with van der Waals surface area (Å²) in [7, 11) is 0. The molecule has 15 heavy (non-hydrogen) atoms. The van der Waals surface area contributed by atoms with Crippen molar-refractivity contribution in [3.63, 3.8) is 0 Å². The molecule has 1 fully saturated rings. The van der Waals surface area contributed by atoms with Gasteiger partial charge in [0.2, 0.25) is 0 Å². The number of hydrogen-bond acceptors (Lipinski definition) is 6. The van der Waals surface area contributed by atoms with Crippen LogP contribution in [0.15, 0.2) is 0 Å². The summed E-state index contributed by atoms with van der Waals surface area (Å²) in [6.45, 7) is -0.199. The van der Waals surface area contributed by atoms with Gasteiger partial charge < -0.3 is 30.3 Å². The van der Waals surface area contributed by atoms with Gasteiger partial charge in [0.05, 0.1) is 12.7 Å². The lowest BCUT2D eigenvalue weighted by Crippen LogP contribution is -2.53. The fourth-order valence-electron chi connectivity index (χ4n) is 1.40. The van der Waals surface area contributed by atoms with Gasteiger partial charge in [0.15, 0.2) is 6.10 Å². The highest BCUT2D eigenvalue weighted by Gasteiger charge is 2.39. The summed E-state index contributed by atoms with van der Waals surface area (Å²) in [6, 6.07) is 0. The molecule has 7 heteroatoms. The highest BCUT2D eigenvalue weighted by atomic mass is 16.5. The minimum atomic E-state index is -1.66. The van der Waals surface area contributed by atoms with Crippen LogP contribution in [0.3, 0.4) is 0 Å². The molecule has 0 aliphatic carbocycles. The molecule has 0 aromatic heterocycles. The second kappa shape index (κ2) is 4.86. The van der Waals surface area contributed by atoms with Crippen LogP contribution in [0.2, 0.25) is 0 Å². The van der Waals surface area contributed by atoms with Crippen molar-refractivity contribution in [2.75, 3.05) is 6.61 Å². The number of aliphatic hydroxyl groups is 4. The van der Waals surface area contributed by atoms with Crippen LogP contribution in [0, 0.1) is 0 Å². The van der Waals surface area contributed by atoms with Crippen molar-refractivity contribution in [2.45, 2.75) is 36.9 Å². The van der Waals surface area contributed by atoms with E-state index in [4.69, 9.17) is 20.1 Å². The fraction of sp³-hybridized carbons (Fsp3) is 0.875. The number of rotatable bonds is 3. The van der Waals surface area contributed by atoms with E-state index in [9.17, 15) is 15.0 Å². The monoisotopic (exact) mass is 222 g/mol. The second-order valence-electron chi connectivity index (χ2n) is 3.51. The molecule has 7 nitrogen and oxygen atoms in total. The van der Waals surface area contributed by atoms with Gasteiger partial charge in [-0.05, 0) is 0 Å². The predicted octanol–water partition coefficient (Wildman–Crippen LogP) is -2.70. The Balaban J connectivity index is 2.53. The Labute approximate surface area is 85.5 Å². The number of carboxylic acids is 1. The molecule has 5 atom stereocenters. The first kappa shape index (κ1) is 12.3. The summed E-state index contributed by atoms with van der Waals surface area (Å²) in [6.07, 6.45) is -6.97. The van der Waals surface area contributed by atoms with Crippen LogP contribution in [-0.2, 0) is 9.53 Å². The third-order valence-electron chi connectivity index (χ3n) is 2.35. The molecule has 0 spiro atoms. The number of carboxylic acid groups (broad SMARTS) is 1. The van der Waals surface area contributed by atoms with Crippen LogP contribution in [0.25, 0.3) is 0 Å². The number of carbonyl (C=O) groups is 1. The predicted molar refractivity (Wildman–Crippen MR) is 46.0 cm³/mol. The molecule has 0 amide bonds. The maximum absolute atomic E-state index is 10.3. The van der Waals surface area contributed by atoms with Gasteiger partial charge in [0, 0.05) is 6.42 Å². The lowest BCUT2D eigenvalue weighted by Gasteiger charge is -2.35. The van der Waals surface area contributed by atoms with E-state index in [1.807, 2.05) is 0 Å². The lowest BCUT2D eigenvalue weighted by atomic mass is 9.96. The van der Waals surface area contributed by atoms with Crippen molar-refractivity contribution in [2.24, 2.45) is 0 Å². The normalized spacial score (nSPS) is 38.7. The van der Waals surface area contributed by atoms with Crippen LogP contribution in [-0.4, -0.2) is 68.6 Å². The SMILES string of the molecule is O=C(O)[C@H](O)C[C@@H]1OC[C@@H](O)[C@@H](O)[C@@H]1O. The molecule has 0 unspecified atom stereocenters. The first-order chi connectivity index (χ1) is 6.93. The Kier molecular flexibility index (Phi) is 4.00. The average molecular weight is 222 g/mol. The van der Waals surface area contributed by atoms with E-state index >= 15 is 0 Å². The summed E-state index contributed by atoms with van der Waals surface area (Å²) >= 11 is 0. The molecule has 1 saturated heterocycles. The molecule has 0 aromatic rings. The average Bonchev–Trinajstić information content (AvgIpc) is 2.18. The van der Waals surface area contributed by atoms with E-state index in [0.717, 1.165) is 0 Å². The van der Waals surface area contributed by atoms with Gasteiger partial charge in [-0.2, -0.15) is 0 Å². The van der Waals surface area contributed by atoms with Crippen LogP contribution in [0.1, 0.15) is 6.42 Å². The van der Waals surface area contributed by atoms with Crippen molar-refractivity contribution < 1.29 is 35.1 Å².